The number of carbonyl (C=O) groups excluding carboxylic acids is 2. The van der Waals surface area contributed by atoms with Gasteiger partial charge in [0.2, 0.25) is 0 Å². The second-order valence-corrected chi connectivity index (χ2v) is 8.83. The van der Waals surface area contributed by atoms with E-state index in [1.807, 2.05) is 26.0 Å². The van der Waals surface area contributed by atoms with Crippen molar-refractivity contribution in [1.82, 2.24) is 9.80 Å². The molecular formula is C26H28ClN3O4. The highest BCUT2D eigenvalue weighted by Gasteiger charge is 2.24. The van der Waals surface area contributed by atoms with E-state index in [1.54, 1.807) is 46.2 Å². The fraction of sp³-hybridized carbons (Fsp3) is 0.308. The number of anilines is 1. The van der Waals surface area contributed by atoms with Crippen LogP contribution in [0.5, 0.6) is 5.75 Å². The van der Waals surface area contributed by atoms with E-state index < -0.39 is 0 Å². The minimum absolute atomic E-state index is 0.183. The van der Waals surface area contributed by atoms with Gasteiger partial charge in [0, 0.05) is 36.9 Å². The zero-order valence-electron chi connectivity index (χ0n) is 19.3. The highest BCUT2D eigenvalue weighted by molar-refractivity contribution is 6.30. The molecule has 178 valence electrons. The van der Waals surface area contributed by atoms with Gasteiger partial charge in [0.1, 0.15) is 18.1 Å². The van der Waals surface area contributed by atoms with Crippen molar-refractivity contribution in [2.24, 2.45) is 0 Å². The van der Waals surface area contributed by atoms with Gasteiger partial charge in [0.05, 0.1) is 0 Å². The predicted molar refractivity (Wildman–Crippen MR) is 132 cm³/mol. The van der Waals surface area contributed by atoms with E-state index in [-0.39, 0.29) is 24.3 Å². The summed E-state index contributed by atoms with van der Waals surface area (Å²) in [5, 5.41) is 3.48. The molecule has 7 nitrogen and oxygen atoms in total. The molecule has 3 aromatic rings. The Bertz CT molecular complexity index is 1160. The molecule has 1 N–H and O–H groups in total. The highest BCUT2D eigenvalue weighted by Crippen LogP contribution is 2.21. The van der Waals surface area contributed by atoms with Gasteiger partial charge >= 0.3 is 6.03 Å². The maximum absolute atomic E-state index is 13.0. The lowest BCUT2D eigenvalue weighted by molar-refractivity contribution is 0.0726. The molecule has 0 unspecified atom stereocenters. The largest absolute Gasteiger partial charge is 0.485 e. The summed E-state index contributed by atoms with van der Waals surface area (Å²) in [7, 11) is 0. The number of amides is 3. The van der Waals surface area contributed by atoms with E-state index in [0.717, 1.165) is 11.3 Å². The summed E-state index contributed by atoms with van der Waals surface area (Å²) in [5.74, 6) is 1.47. The molecule has 0 atom stereocenters. The first-order valence-corrected chi connectivity index (χ1v) is 11.7. The lowest BCUT2D eigenvalue weighted by Crippen LogP contribution is -2.39. The summed E-state index contributed by atoms with van der Waals surface area (Å²) >= 11 is 5.90. The van der Waals surface area contributed by atoms with Crippen molar-refractivity contribution in [2.45, 2.75) is 26.9 Å². The van der Waals surface area contributed by atoms with Crippen LogP contribution in [-0.2, 0) is 6.61 Å². The molecule has 1 fully saturated rings. The Hall–Kier alpha value is -3.45. The standard InChI is InChI=1S/C26H28ClN3O4/c1-18-4-10-23(19(2)16-18)33-17-22-9-11-24(34-22)25(31)29-12-3-13-30(15-14-29)26(32)28-21-7-5-20(27)6-8-21/h4-11,16H,3,12-15,17H2,1-2H3,(H,28,32). The van der Waals surface area contributed by atoms with Gasteiger partial charge in [-0.05, 0) is 68.3 Å². The molecule has 0 spiro atoms. The third-order valence-electron chi connectivity index (χ3n) is 5.74. The van der Waals surface area contributed by atoms with Gasteiger partial charge in [-0.25, -0.2) is 4.79 Å². The Morgan fingerprint density at radius 3 is 2.47 bits per heavy atom. The number of carbonyl (C=O) groups is 2. The molecule has 0 aliphatic carbocycles. The number of aryl methyl sites for hydroxylation is 2. The Morgan fingerprint density at radius 2 is 1.71 bits per heavy atom. The summed E-state index contributed by atoms with van der Waals surface area (Å²) in [6, 6.07) is 16.2. The maximum atomic E-state index is 13.0. The Morgan fingerprint density at radius 1 is 0.971 bits per heavy atom. The quantitative estimate of drug-likeness (QED) is 0.521. The third kappa shape index (κ3) is 5.91. The van der Waals surface area contributed by atoms with Crippen LogP contribution in [0.15, 0.2) is 59.0 Å². The van der Waals surface area contributed by atoms with Crippen LogP contribution < -0.4 is 10.1 Å². The Labute approximate surface area is 204 Å². The zero-order chi connectivity index (χ0) is 24.1. The summed E-state index contributed by atoms with van der Waals surface area (Å²) in [6.45, 7) is 6.27. The number of halogens is 1. The van der Waals surface area contributed by atoms with Gasteiger partial charge in [-0.3, -0.25) is 4.79 Å². The molecule has 0 radical (unpaired) electrons. The maximum Gasteiger partial charge on any atom is 0.321 e. The number of ether oxygens (including phenoxy) is 1. The highest BCUT2D eigenvalue weighted by atomic mass is 35.5. The molecule has 3 amide bonds. The van der Waals surface area contributed by atoms with Gasteiger partial charge in [0.15, 0.2) is 5.76 Å². The van der Waals surface area contributed by atoms with Gasteiger partial charge < -0.3 is 24.3 Å². The smallest absolute Gasteiger partial charge is 0.321 e. The van der Waals surface area contributed by atoms with Gasteiger partial charge in [-0.15, -0.1) is 0 Å². The lowest BCUT2D eigenvalue weighted by Gasteiger charge is -2.22. The first kappa shape index (κ1) is 23.7. The molecule has 1 saturated heterocycles. The second kappa shape index (κ2) is 10.7. The van der Waals surface area contributed by atoms with Crippen LogP contribution in [-0.4, -0.2) is 47.9 Å². The van der Waals surface area contributed by atoms with Crippen molar-refractivity contribution >= 4 is 29.2 Å². The van der Waals surface area contributed by atoms with Crippen LogP contribution in [0.4, 0.5) is 10.5 Å². The van der Waals surface area contributed by atoms with Crippen LogP contribution in [0.2, 0.25) is 5.02 Å². The predicted octanol–water partition coefficient (Wildman–Crippen LogP) is 5.51. The number of benzene rings is 2. The number of hydrogen-bond donors (Lipinski definition) is 1. The molecule has 1 aliphatic rings. The van der Waals surface area contributed by atoms with Crippen molar-refractivity contribution in [2.75, 3.05) is 31.5 Å². The lowest BCUT2D eigenvalue weighted by atomic mass is 10.1. The molecular weight excluding hydrogens is 454 g/mol. The topological polar surface area (TPSA) is 75.0 Å². The number of rotatable bonds is 5. The van der Waals surface area contributed by atoms with Crippen LogP contribution in [0, 0.1) is 13.8 Å². The minimum atomic E-state index is -0.194. The number of hydrogen-bond acceptors (Lipinski definition) is 4. The van der Waals surface area contributed by atoms with E-state index in [9.17, 15) is 9.59 Å². The first-order valence-electron chi connectivity index (χ1n) is 11.3. The fourth-order valence-corrected chi connectivity index (χ4v) is 4.02. The average molecular weight is 482 g/mol. The van der Waals surface area contributed by atoms with E-state index in [2.05, 4.69) is 11.4 Å². The molecule has 2 aromatic carbocycles. The molecule has 34 heavy (non-hydrogen) atoms. The van der Waals surface area contributed by atoms with Crippen LogP contribution >= 0.6 is 11.6 Å². The Balaban J connectivity index is 1.30. The van der Waals surface area contributed by atoms with Gasteiger partial charge in [-0.1, -0.05) is 29.3 Å². The zero-order valence-corrected chi connectivity index (χ0v) is 20.1. The minimum Gasteiger partial charge on any atom is -0.485 e. The Kier molecular flexibility index (Phi) is 7.43. The van der Waals surface area contributed by atoms with Crippen LogP contribution in [0.3, 0.4) is 0 Å². The molecule has 1 aliphatic heterocycles. The molecule has 1 aromatic heterocycles. The summed E-state index contributed by atoms with van der Waals surface area (Å²) in [6.07, 6.45) is 0.684. The number of nitrogens with one attached hydrogen (secondary N) is 1. The summed E-state index contributed by atoms with van der Waals surface area (Å²) < 4.78 is 11.6. The first-order chi connectivity index (χ1) is 16.4. The SMILES string of the molecule is Cc1ccc(OCc2ccc(C(=O)N3CCCN(C(=O)Nc4ccc(Cl)cc4)CC3)o2)c(C)c1. The van der Waals surface area contributed by atoms with E-state index in [0.29, 0.717) is 49.1 Å². The summed E-state index contributed by atoms with van der Waals surface area (Å²) in [4.78, 5) is 29.1. The van der Waals surface area contributed by atoms with E-state index in [4.69, 9.17) is 20.8 Å². The third-order valence-corrected chi connectivity index (χ3v) is 5.99. The van der Waals surface area contributed by atoms with Crippen molar-refractivity contribution in [1.29, 1.82) is 0 Å². The molecule has 4 rings (SSSR count). The van der Waals surface area contributed by atoms with Gasteiger partial charge in [0.25, 0.3) is 5.91 Å². The van der Waals surface area contributed by atoms with Crippen molar-refractivity contribution < 1.29 is 18.7 Å². The fourth-order valence-electron chi connectivity index (χ4n) is 3.90. The summed E-state index contributed by atoms with van der Waals surface area (Å²) in [5.41, 5.74) is 2.91. The van der Waals surface area contributed by atoms with E-state index >= 15 is 0 Å². The average Bonchev–Trinajstić information content (AvgIpc) is 3.15. The molecule has 2 heterocycles. The molecule has 0 bridgehead atoms. The molecule has 0 saturated carbocycles. The molecule has 8 heteroatoms. The van der Waals surface area contributed by atoms with Crippen molar-refractivity contribution in [3.63, 3.8) is 0 Å². The van der Waals surface area contributed by atoms with E-state index in [1.165, 1.54) is 5.56 Å². The monoisotopic (exact) mass is 481 g/mol. The van der Waals surface area contributed by atoms with Crippen LogP contribution in [0.1, 0.15) is 33.9 Å². The van der Waals surface area contributed by atoms with Crippen molar-refractivity contribution in [3.05, 3.63) is 82.3 Å². The number of urea groups is 1. The number of furan rings is 1. The van der Waals surface area contributed by atoms with Crippen LogP contribution in [0.25, 0.3) is 0 Å². The van der Waals surface area contributed by atoms with Gasteiger partial charge in [-0.2, -0.15) is 0 Å². The normalized spacial score (nSPS) is 14.0. The number of nitrogens with zero attached hydrogens (tertiary/aromatic N) is 2. The van der Waals surface area contributed by atoms with Crippen molar-refractivity contribution in [3.8, 4) is 5.75 Å². The second-order valence-electron chi connectivity index (χ2n) is 8.39.